The van der Waals surface area contributed by atoms with Crippen LogP contribution in [0.3, 0.4) is 0 Å². The number of carbonyl (C=O) groups excluding carboxylic acids is 1. The SMILES string of the molecule is COC(=O)[C@]1(C(F)(F)F)N=C2C(C)=CC=CN2C(c2cccc(Cl)c2)=N1. The highest BCUT2D eigenvalue weighted by atomic mass is 35.5. The van der Waals surface area contributed by atoms with Crippen LogP contribution in [0.15, 0.2) is 58.2 Å². The standard InChI is InChI=1S/C17H13ClF3N3O2/c1-10-5-4-8-24-13(10)22-16(15(25)26-2,17(19,20)21)23-14(24)11-6-3-7-12(18)9-11/h3-9H,1-2H3/t16-/m0/s1. The molecule has 3 rings (SSSR count). The number of carbonyl (C=O) groups is 1. The topological polar surface area (TPSA) is 54.3 Å². The number of allylic oxidation sites excluding steroid dienone is 2. The van der Waals surface area contributed by atoms with Gasteiger partial charge in [0, 0.05) is 16.8 Å². The molecule has 1 aromatic carbocycles. The number of rotatable bonds is 2. The molecule has 0 bridgehead atoms. The van der Waals surface area contributed by atoms with Gasteiger partial charge >= 0.3 is 17.8 Å². The van der Waals surface area contributed by atoms with E-state index in [2.05, 4.69) is 14.7 Å². The summed E-state index contributed by atoms with van der Waals surface area (Å²) < 4.78 is 46.1. The molecule has 5 nitrogen and oxygen atoms in total. The number of halogens is 4. The zero-order chi connectivity index (χ0) is 19.1. The van der Waals surface area contributed by atoms with Crippen molar-refractivity contribution < 1.29 is 22.7 Å². The van der Waals surface area contributed by atoms with Gasteiger partial charge < -0.3 is 4.74 Å². The first kappa shape index (κ1) is 18.2. The van der Waals surface area contributed by atoms with E-state index in [9.17, 15) is 18.0 Å². The Kier molecular flexibility index (Phi) is 4.39. The van der Waals surface area contributed by atoms with Crippen LogP contribution in [0.5, 0.6) is 0 Å². The summed E-state index contributed by atoms with van der Waals surface area (Å²) in [6.45, 7) is 1.59. The van der Waals surface area contributed by atoms with E-state index in [0.29, 0.717) is 16.2 Å². The van der Waals surface area contributed by atoms with Crippen LogP contribution >= 0.6 is 11.6 Å². The molecule has 0 amide bonds. The Morgan fingerprint density at radius 2 is 1.96 bits per heavy atom. The number of nitrogens with zero attached hydrogens (tertiary/aromatic N) is 3. The number of aliphatic imine (C=N–C) groups is 2. The van der Waals surface area contributed by atoms with Crippen molar-refractivity contribution in [1.82, 2.24) is 4.90 Å². The van der Waals surface area contributed by atoms with E-state index in [0.717, 1.165) is 7.11 Å². The lowest BCUT2D eigenvalue weighted by atomic mass is 10.0. The molecule has 0 saturated carbocycles. The van der Waals surface area contributed by atoms with E-state index in [4.69, 9.17) is 11.6 Å². The Morgan fingerprint density at radius 3 is 2.58 bits per heavy atom. The minimum Gasteiger partial charge on any atom is -0.465 e. The predicted octanol–water partition coefficient (Wildman–Crippen LogP) is 3.71. The van der Waals surface area contributed by atoms with Crippen LogP contribution in [-0.2, 0) is 9.53 Å². The summed E-state index contributed by atoms with van der Waals surface area (Å²) in [5.74, 6) is -1.76. The van der Waals surface area contributed by atoms with Gasteiger partial charge in [-0.2, -0.15) is 13.2 Å². The number of fused-ring (bicyclic) bond motifs is 1. The lowest BCUT2D eigenvalue weighted by Crippen LogP contribution is -2.56. The van der Waals surface area contributed by atoms with Crippen LogP contribution in [0, 0.1) is 0 Å². The van der Waals surface area contributed by atoms with Crippen molar-refractivity contribution in [1.29, 1.82) is 0 Å². The molecule has 0 spiro atoms. The lowest BCUT2D eigenvalue weighted by Gasteiger charge is -2.37. The third-order valence-electron chi connectivity index (χ3n) is 3.87. The Morgan fingerprint density at radius 1 is 1.27 bits per heavy atom. The molecule has 0 unspecified atom stereocenters. The molecule has 1 aromatic rings. The summed E-state index contributed by atoms with van der Waals surface area (Å²) in [4.78, 5) is 20.9. The van der Waals surface area contributed by atoms with Crippen LogP contribution in [0.25, 0.3) is 0 Å². The number of amidine groups is 2. The number of hydrogen-bond acceptors (Lipinski definition) is 5. The van der Waals surface area contributed by atoms with Gasteiger partial charge in [0.1, 0.15) is 11.7 Å². The summed E-state index contributed by atoms with van der Waals surface area (Å²) in [5.41, 5.74) is -2.63. The number of hydrogen-bond donors (Lipinski definition) is 0. The normalized spacial score (nSPS) is 22.2. The minimum atomic E-state index is -5.09. The maximum absolute atomic E-state index is 13.9. The number of ether oxygens (including phenoxy) is 1. The van der Waals surface area contributed by atoms with Crippen LogP contribution in [0.4, 0.5) is 13.2 Å². The molecule has 2 heterocycles. The Bertz CT molecular complexity index is 889. The molecule has 0 saturated heterocycles. The quantitative estimate of drug-likeness (QED) is 0.732. The number of esters is 1. The zero-order valence-corrected chi connectivity index (χ0v) is 14.5. The Balaban J connectivity index is 2.31. The van der Waals surface area contributed by atoms with Crippen molar-refractivity contribution in [2.45, 2.75) is 18.8 Å². The van der Waals surface area contributed by atoms with Crippen LogP contribution < -0.4 is 0 Å². The van der Waals surface area contributed by atoms with Gasteiger partial charge in [0.15, 0.2) is 0 Å². The molecule has 136 valence electrons. The number of benzene rings is 1. The first-order chi connectivity index (χ1) is 12.2. The zero-order valence-electron chi connectivity index (χ0n) is 13.7. The van der Waals surface area contributed by atoms with E-state index in [1.807, 2.05) is 0 Å². The summed E-state index contributed by atoms with van der Waals surface area (Å²) in [6.07, 6.45) is -0.338. The number of alkyl halides is 3. The second-order valence-corrected chi connectivity index (χ2v) is 6.04. The predicted molar refractivity (Wildman–Crippen MR) is 91.0 cm³/mol. The van der Waals surface area contributed by atoms with Gasteiger partial charge in [-0.25, -0.2) is 14.8 Å². The van der Waals surface area contributed by atoms with Gasteiger partial charge in [0.05, 0.1) is 7.11 Å². The molecule has 1 atom stereocenters. The molecular formula is C17H13ClF3N3O2. The van der Waals surface area contributed by atoms with Gasteiger partial charge in [-0.3, -0.25) is 4.90 Å². The smallest absolute Gasteiger partial charge is 0.445 e. The monoisotopic (exact) mass is 383 g/mol. The van der Waals surface area contributed by atoms with E-state index >= 15 is 0 Å². The van der Waals surface area contributed by atoms with Crippen molar-refractivity contribution in [2.75, 3.05) is 7.11 Å². The van der Waals surface area contributed by atoms with Gasteiger partial charge in [-0.05, 0) is 30.7 Å². The van der Waals surface area contributed by atoms with Crippen LogP contribution in [0.2, 0.25) is 5.02 Å². The summed E-state index contributed by atoms with van der Waals surface area (Å²) in [5, 5.41) is 0.318. The molecule has 2 aliphatic rings. The van der Waals surface area contributed by atoms with Crippen molar-refractivity contribution >= 4 is 29.2 Å². The summed E-state index contributed by atoms with van der Waals surface area (Å²) >= 11 is 5.97. The Hall–Kier alpha value is -2.61. The minimum absolute atomic E-state index is 0.0415. The Labute approximate surface area is 152 Å². The van der Waals surface area contributed by atoms with E-state index in [-0.39, 0.29) is 11.7 Å². The molecule has 0 aromatic heterocycles. The van der Waals surface area contributed by atoms with Gasteiger partial charge in [0.25, 0.3) is 0 Å². The van der Waals surface area contributed by atoms with Crippen molar-refractivity contribution in [3.8, 4) is 0 Å². The maximum Gasteiger partial charge on any atom is 0.445 e. The molecule has 0 aliphatic carbocycles. The molecule has 0 radical (unpaired) electrons. The van der Waals surface area contributed by atoms with Crippen molar-refractivity contribution in [3.05, 3.63) is 58.8 Å². The highest BCUT2D eigenvalue weighted by Gasteiger charge is 2.65. The molecule has 9 heteroatoms. The van der Waals surface area contributed by atoms with Crippen molar-refractivity contribution in [3.63, 3.8) is 0 Å². The number of methoxy groups -OCH3 is 1. The molecule has 0 N–H and O–H groups in total. The van der Waals surface area contributed by atoms with Gasteiger partial charge in [-0.15, -0.1) is 0 Å². The third-order valence-corrected chi connectivity index (χ3v) is 4.11. The summed E-state index contributed by atoms with van der Waals surface area (Å²) in [6, 6.07) is 6.17. The van der Waals surface area contributed by atoms with Crippen LogP contribution in [0.1, 0.15) is 12.5 Å². The largest absolute Gasteiger partial charge is 0.465 e. The molecule has 26 heavy (non-hydrogen) atoms. The fourth-order valence-electron chi connectivity index (χ4n) is 2.61. The molecule has 0 fully saturated rings. The van der Waals surface area contributed by atoms with Gasteiger partial charge in [-0.1, -0.05) is 29.8 Å². The lowest BCUT2D eigenvalue weighted by molar-refractivity contribution is -0.202. The fraction of sp³-hybridized carbons (Fsp3) is 0.235. The second kappa shape index (κ2) is 6.28. The first-order valence-electron chi connectivity index (χ1n) is 7.45. The molecule has 2 aliphatic heterocycles. The van der Waals surface area contributed by atoms with Crippen LogP contribution in [-0.4, -0.2) is 41.5 Å². The fourth-order valence-corrected chi connectivity index (χ4v) is 2.80. The summed E-state index contributed by atoms with van der Waals surface area (Å²) in [7, 11) is 0.862. The maximum atomic E-state index is 13.9. The van der Waals surface area contributed by atoms with Gasteiger partial charge in [0.2, 0.25) is 0 Å². The average Bonchev–Trinajstić information content (AvgIpc) is 2.59. The molecular weight excluding hydrogens is 371 g/mol. The highest BCUT2D eigenvalue weighted by Crippen LogP contribution is 2.40. The van der Waals surface area contributed by atoms with E-state index in [1.165, 1.54) is 17.2 Å². The third kappa shape index (κ3) is 2.80. The average molecular weight is 384 g/mol. The van der Waals surface area contributed by atoms with Crippen molar-refractivity contribution in [2.24, 2.45) is 9.98 Å². The highest BCUT2D eigenvalue weighted by molar-refractivity contribution is 6.31. The first-order valence-corrected chi connectivity index (χ1v) is 7.83. The second-order valence-electron chi connectivity index (χ2n) is 5.60. The van der Waals surface area contributed by atoms with E-state index < -0.39 is 17.8 Å². The van der Waals surface area contributed by atoms with E-state index in [1.54, 1.807) is 37.3 Å².